The van der Waals surface area contributed by atoms with Crippen LogP contribution in [0.2, 0.25) is 0 Å². The first-order valence-corrected chi connectivity index (χ1v) is 6.82. The van der Waals surface area contributed by atoms with E-state index in [2.05, 4.69) is 0 Å². The Kier molecular flexibility index (Phi) is 4.58. The number of rotatable bonds is 4. The largest absolute Gasteiger partial charge is 0.480 e. The number of carbonyl (C=O) groups is 2. The highest BCUT2D eigenvalue weighted by atomic mass is 16.5. The highest BCUT2D eigenvalue weighted by molar-refractivity contribution is 5.83. The third kappa shape index (κ3) is 3.22. The minimum Gasteiger partial charge on any atom is -0.480 e. The molecule has 102 valence electrons. The number of piperidine rings is 1. The predicted octanol–water partition coefficient (Wildman–Crippen LogP) is 1.41. The molecule has 18 heavy (non-hydrogen) atoms. The van der Waals surface area contributed by atoms with Crippen molar-refractivity contribution in [3.8, 4) is 0 Å². The van der Waals surface area contributed by atoms with Gasteiger partial charge in [-0.2, -0.15) is 0 Å². The molecule has 0 radical (unpaired) electrons. The molecule has 1 N–H and O–H groups in total. The third-order valence-electron chi connectivity index (χ3n) is 3.81. The van der Waals surface area contributed by atoms with E-state index in [0.717, 1.165) is 38.7 Å². The second-order valence-corrected chi connectivity index (χ2v) is 5.11. The smallest absolute Gasteiger partial charge is 0.326 e. The van der Waals surface area contributed by atoms with Gasteiger partial charge in [0.25, 0.3) is 0 Å². The maximum absolute atomic E-state index is 12.1. The van der Waals surface area contributed by atoms with Gasteiger partial charge in [-0.1, -0.05) is 0 Å². The molecule has 2 fully saturated rings. The summed E-state index contributed by atoms with van der Waals surface area (Å²) >= 11 is 0. The Morgan fingerprint density at radius 3 is 2.72 bits per heavy atom. The molecule has 5 nitrogen and oxygen atoms in total. The van der Waals surface area contributed by atoms with Crippen molar-refractivity contribution in [2.75, 3.05) is 13.2 Å². The molecule has 0 aromatic rings. The molecule has 0 spiro atoms. The number of aliphatic carboxylic acids is 1. The fraction of sp³-hybridized carbons (Fsp3) is 0.846. The summed E-state index contributed by atoms with van der Waals surface area (Å²) in [5, 5.41) is 9.12. The lowest BCUT2D eigenvalue weighted by Gasteiger charge is -2.33. The second-order valence-electron chi connectivity index (χ2n) is 5.11. The van der Waals surface area contributed by atoms with Gasteiger partial charge in [0, 0.05) is 19.6 Å². The van der Waals surface area contributed by atoms with Crippen LogP contribution in [0.25, 0.3) is 0 Å². The van der Waals surface area contributed by atoms with E-state index in [-0.39, 0.29) is 12.0 Å². The zero-order valence-electron chi connectivity index (χ0n) is 10.6. The van der Waals surface area contributed by atoms with Gasteiger partial charge < -0.3 is 14.7 Å². The lowest BCUT2D eigenvalue weighted by molar-refractivity contribution is -0.152. The zero-order valence-corrected chi connectivity index (χ0v) is 10.6. The van der Waals surface area contributed by atoms with E-state index in [1.807, 2.05) is 0 Å². The van der Waals surface area contributed by atoms with Crippen molar-refractivity contribution in [1.29, 1.82) is 0 Å². The molecule has 2 aliphatic heterocycles. The molecule has 2 atom stereocenters. The molecule has 2 heterocycles. The van der Waals surface area contributed by atoms with Crippen LogP contribution in [0.15, 0.2) is 0 Å². The maximum atomic E-state index is 12.1. The summed E-state index contributed by atoms with van der Waals surface area (Å²) in [5.74, 6) is -0.905. The Bertz CT molecular complexity index is 312. The summed E-state index contributed by atoms with van der Waals surface area (Å²) in [6, 6.07) is -0.615. The Labute approximate surface area is 107 Å². The number of carboxylic acids is 1. The van der Waals surface area contributed by atoms with Gasteiger partial charge >= 0.3 is 5.97 Å². The number of nitrogens with zero attached hydrogens (tertiary/aromatic N) is 1. The molecule has 1 amide bonds. The highest BCUT2D eigenvalue weighted by Gasteiger charge is 2.32. The topological polar surface area (TPSA) is 66.8 Å². The molecule has 2 saturated heterocycles. The number of hydrogen-bond donors (Lipinski definition) is 1. The highest BCUT2D eigenvalue weighted by Crippen LogP contribution is 2.21. The molecule has 0 aromatic carbocycles. The van der Waals surface area contributed by atoms with Crippen LogP contribution in [0.5, 0.6) is 0 Å². The number of likely N-dealkylation sites (tertiary alicyclic amines) is 1. The van der Waals surface area contributed by atoms with E-state index in [1.54, 1.807) is 4.90 Å². The van der Waals surface area contributed by atoms with Crippen molar-refractivity contribution < 1.29 is 19.4 Å². The Morgan fingerprint density at radius 1 is 1.22 bits per heavy atom. The molecule has 1 unspecified atom stereocenters. The summed E-state index contributed by atoms with van der Waals surface area (Å²) in [5.41, 5.74) is 0. The van der Waals surface area contributed by atoms with Crippen molar-refractivity contribution in [3.63, 3.8) is 0 Å². The van der Waals surface area contributed by atoms with Crippen LogP contribution in [0.4, 0.5) is 0 Å². The summed E-state index contributed by atoms with van der Waals surface area (Å²) in [6.07, 6.45) is 5.82. The Morgan fingerprint density at radius 2 is 2.06 bits per heavy atom. The van der Waals surface area contributed by atoms with Gasteiger partial charge in [0.1, 0.15) is 6.04 Å². The number of hydrogen-bond acceptors (Lipinski definition) is 3. The van der Waals surface area contributed by atoms with Crippen LogP contribution < -0.4 is 0 Å². The van der Waals surface area contributed by atoms with Crippen molar-refractivity contribution in [2.24, 2.45) is 0 Å². The van der Waals surface area contributed by atoms with Gasteiger partial charge in [0.2, 0.25) is 5.91 Å². The molecule has 5 heteroatoms. The molecule has 0 bridgehead atoms. The third-order valence-corrected chi connectivity index (χ3v) is 3.81. The van der Waals surface area contributed by atoms with E-state index in [4.69, 9.17) is 9.84 Å². The Hall–Kier alpha value is -1.10. The first-order valence-electron chi connectivity index (χ1n) is 6.82. The van der Waals surface area contributed by atoms with Crippen LogP contribution in [0.1, 0.15) is 44.9 Å². The standard InChI is InChI=1S/C13H21NO4/c15-12(7-6-10-4-3-9-18-10)14-8-2-1-5-11(14)13(16)17/h10-11H,1-9H2,(H,16,17)/t10?,11-/m0/s1. The minimum absolute atomic E-state index is 0.0300. The van der Waals surface area contributed by atoms with E-state index in [9.17, 15) is 9.59 Å². The van der Waals surface area contributed by atoms with Gasteiger partial charge in [0.15, 0.2) is 0 Å². The number of ether oxygens (including phenoxy) is 1. The Balaban J connectivity index is 1.83. The minimum atomic E-state index is -0.875. The van der Waals surface area contributed by atoms with E-state index in [1.165, 1.54) is 0 Å². The predicted molar refractivity (Wildman–Crippen MR) is 65.2 cm³/mol. The van der Waals surface area contributed by atoms with E-state index >= 15 is 0 Å². The first-order chi connectivity index (χ1) is 8.68. The van der Waals surface area contributed by atoms with Gasteiger partial charge in [-0.3, -0.25) is 4.79 Å². The van der Waals surface area contributed by atoms with Crippen molar-refractivity contribution >= 4 is 11.9 Å². The molecular formula is C13H21NO4. The molecular weight excluding hydrogens is 234 g/mol. The van der Waals surface area contributed by atoms with Crippen LogP contribution in [0.3, 0.4) is 0 Å². The normalized spacial score (nSPS) is 28.3. The molecule has 0 aromatic heterocycles. The quantitative estimate of drug-likeness (QED) is 0.824. The summed E-state index contributed by atoms with van der Waals surface area (Å²) < 4.78 is 5.48. The van der Waals surface area contributed by atoms with Crippen LogP contribution in [-0.4, -0.2) is 47.2 Å². The average molecular weight is 255 g/mol. The van der Waals surface area contributed by atoms with Gasteiger partial charge in [-0.25, -0.2) is 4.79 Å². The first kappa shape index (κ1) is 13.3. The monoisotopic (exact) mass is 255 g/mol. The molecule has 2 rings (SSSR count). The summed E-state index contributed by atoms with van der Waals surface area (Å²) in [6.45, 7) is 1.38. The lowest BCUT2D eigenvalue weighted by atomic mass is 10.0. The molecule has 0 saturated carbocycles. The molecule has 0 aliphatic carbocycles. The molecule has 2 aliphatic rings. The SMILES string of the molecule is O=C(O)[C@@H]1CCCCN1C(=O)CCC1CCCO1. The fourth-order valence-electron chi connectivity index (χ4n) is 2.79. The zero-order chi connectivity index (χ0) is 13.0. The lowest BCUT2D eigenvalue weighted by Crippen LogP contribution is -2.48. The van der Waals surface area contributed by atoms with Crippen LogP contribution in [0, 0.1) is 0 Å². The van der Waals surface area contributed by atoms with Gasteiger partial charge in [-0.15, -0.1) is 0 Å². The second kappa shape index (κ2) is 6.18. The maximum Gasteiger partial charge on any atom is 0.326 e. The van der Waals surface area contributed by atoms with E-state index in [0.29, 0.717) is 19.4 Å². The van der Waals surface area contributed by atoms with Crippen molar-refractivity contribution in [2.45, 2.75) is 57.1 Å². The van der Waals surface area contributed by atoms with Crippen LogP contribution in [-0.2, 0) is 14.3 Å². The number of carbonyl (C=O) groups excluding carboxylic acids is 1. The van der Waals surface area contributed by atoms with Gasteiger partial charge in [0.05, 0.1) is 6.10 Å². The average Bonchev–Trinajstić information content (AvgIpc) is 2.89. The number of amides is 1. The van der Waals surface area contributed by atoms with Gasteiger partial charge in [-0.05, 0) is 38.5 Å². The van der Waals surface area contributed by atoms with E-state index < -0.39 is 12.0 Å². The summed E-state index contributed by atoms with van der Waals surface area (Å²) in [4.78, 5) is 24.7. The summed E-state index contributed by atoms with van der Waals surface area (Å²) in [7, 11) is 0. The fourth-order valence-corrected chi connectivity index (χ4v) is 2.79. The van der Waals surface area contributed by atoms with Crippen LogP contribution >= 0.6 is 0 Å². The van der Waals surface area contributed by atoms with Crippen molar-refractivity contribution in [1.82, 2.24) is 4.90 Å². The number of carboxylic acid groups (broad SMARTS) is 1. The van der Waals surface area contributed by atoms with Crippen molar-refractivity contribution in [3.05, 3.63) is 0 Å².